The summed E-state index contributed by atoms with van der Waals surface area (Å²) >= 11 is 0. The van der Waals surface area contributed by atoms with Crippen LogP contribution in [0.2, 0.25) is 0 Å². The summed E-state index contributed by atoms with van der Waals surface area (Å²) in [6, 6.07) is 14.7. The first-order valence-corrected chi connectivity index (χ1v) is 10.5. The highest BCUT2D eigenvalue weighted by Crippen LogP contribution is 2.41. The zero-order valence-corrected chi connectivity index (χ0v) is 17.6. The molecular formula is C25H26N4O. The van der Waals surface area contributed by atoms with Crippen molar-refractivity contribution < 1.29 is 5.11 Å². The Kier molecular flexibility index (Phi) is 4.55. The van der Waals surface area contributed by atoms with Crippen LogP contribution in [0.15, 0.2) is 54.9 Å². The first-order chi connectivity index (χ1) is 14.5. The van der Waals surface area contributed by atoms with Gasteiger partial charge in [-0.1, -0.05) is 25.1 Å². The van der Waals surface area contributed by atoms with Gasteiger partial charge in [0.25, 0.3) is 0 Å². The molecule has 0 fully saturated rings. The van der Waals surface area contributed by atoms with Crippen LogP contribution in [0, 0.1) is 13.8 Å². The fraction of sp³-hybridized carbons (Fsp3) is 0.280. The summed E-state index contributed by atoms with van der Waals surface area (Å²) in [7, 11) is 0. The lowest BCUT2D eigenvalue weighted by Gasteiger charge is -2.33. The van der Waals surface area contributed by atoms with E-state index in [9.17, 15) is 5.11 Å². The van der Waals surface area contributed by atoms with Gasteiger partial charge in [-0.25, -0.2) is 4.98 Å². The minimum absolute atomic E-state index is 0.0446. The minimum atomic E-state index is -0.0446. The second kappa shape index (κ2) is 7.26. The molecule has 1 aliphatic heterocycles. The first-order valence-electron chi connectivity index (χ1n) is 10.5. The van der Waals surface area contributed by atoms with Crippen molar-refractivity contribution in [2.75, 3.05) is 11.4 Å². The van der Waals surface area contributed by atoms with Crippen molar-refractivity contribution in [1.29, 1.82) is 0 Å². The van der Waals surface area contributed by atoms with E-state index in [2.05, 4.69) is 71.6 Å². The number of imidazole rings is 1. The molecule has 30 heavy (non-hydrogen) atoms. The number of anilines is 2. The Bertz CT molecular complexity index is 1230. The topological polar surface area (TPSA) is 53.7 Å². The van der Waals surface area contributed by atoms with Gasteiger partial charge < -0.3 is 10.0 Å². The molecule has 1 N–H and O–H groups in total. The molecule has 4 heterocycles. The van der Waals surface area contributed by atoms with Gasteiger partial charge in [0.05, 0.1) is 18.0 Å². The van der Waals surface area contributed by atoms with Gasteiger partial charge in [-0.3, -0.25) is 9.38 Å². The van der Waals surface area contributed by atoms with Crippen molar-refractivity contribution >= 4 is 17.2 Å². The molecule has 0 amide bonds. The Labute approximate surface area is 176 Å². The zero-order chi connectivity index (χ0) is 20.8. The quantitative estimate of drug-likeness (QED) is 0.518. The number of fused-ring (bicyclic) bond motifs is 3. The number of pyridine rings is 2. The third-order valence-corrected chi connectivity index (χ3v) is 6.10. The average Bonchev–Trinajstić information content (AvgIpc) is 3.16. The van der Waals surface area contributed by atoms with Gasteiger partial charge in [0, 0.05) is 41.7 Å². The number of benzene rings is 1. The van der Waals surface area contributed by atoms with Crippen molar-refractivity contribution in [3.8, 4) is 11.1 Å². The molecule has 0 saturated heterocycles. The van der Waals surface area contributed by atoms with Crippen LogP contribution < -0.4 is 4.90 Å². The van der Waals surface area contributed by atoms with E-state index in [0.717, 1.165) is 35.4 Å². The predicted octanol–water partition coefficient (Wildman–Crippen LogP) is 5.15. The van der Waals surface area contributed by atoms with Gasteiger partial charge in [0.1, 0.15) is 11.5 Å². The smallest absolute Gasteiger partial charge is 0.141 e. The third kappa shape index (κ3) is 3.06. The van der Waals surface area contributed by atoms with E-state index < -0.39 is 0 Å². The maximum absolute atomic E-state index is 9.27. The number of aryl methyl sites for hydroxylation is 2. The monoisotopic (exact) mass is 398 g/mol. The first kappa shape index (κ1) is 18.8. The number of aliphatic hydroxyl groups is 1. The highest BCUT2D eigenvalue weighted by molar-refractivity contribution is 5.73. The fourth-order valence-electron chi connectivity index (χ4n) is 4.32. The standard InChI is InChI=1S/C25H26N4O/c1-16-4-5-17(2)22(12-16)28-11-10-18(3)24-25(28)29-14-20(7-9-23(29)27-24)19-6-8-21(15-30)26-13-19/h4-9,12-14,18,30H,10-11,15H2,1-3H3. The van der Waals surface area contributed by atoms with Crippen molar-refractivity contribution in [2.45, 2.75) is 39.7 Å². The van der Waals surface area contributed by atoms with E-state index >= 15 is 0 Å². The molecule has 5 heteroatoms. The number of rotatable bonds is 3. The molecule has 5 rings (SSSR count). The lowest BCUT2D eigenvalue weighted by Crippen LogP contribution is -2.27. The molecule has 3 aromatic heterocycles. The molecule has 152 valence electrons. The predicted molar refractivity (Wildman–Crippen MR) is 120 cm³/mol. The van der Waals surface area contributed by atoms with E-state index in [4.69, 9.17) is 4.98 Å². The van der Waals surface area contributed by atoms with Gasteiger partial charge in [0.2, 0.25) is 0 Å². The average molecular weight is 399 g/mol. The Morgan fingerprint density at radius 3 is 2.67 bits per heavy atom. The van der Waals surface area contributed by atoms with E-state index in [0.29, 0.717) is 11.6 Å². The molecule has 0 spiro atoms. The lowest BCUT2D eigenvalue weighted by molar-refractivity contribution is 0.277. The summed E-state index contributed by atoms with van der Waals surface area (Å²) in [5, 5.41) is 9.27. The molecule has 0 aliphatic carbocycles. The summed E-state index contributed by atoms with van der Waals surface area (Å²) in [6.45, 7) is 7.52. The Balaban J connectivity index is 1.68. The van der Waals surface area contributed by atoms with Crippen LogP contribution in [0.1, 0.15) is 41.8 Å². The lowest BCUT2D eigenvalue weighted by atomic mass is 9.98. The van der Waals surface area contributed by atoms with Gasteiger partial charge >= 0.3 is 0 Å². The van der Waals surface area contributed by atoms with Crippen molar-refractivity contribution in [3.63, 3.8) is 0 Å². The maximum atomic E-state index is 9.27. The van der Waals surface area contributed by atoms with Crippen LogP contribution in [0.5, 0.6) is 0 Å². The van der Waals surface area contributed by atoms with Gasteiger partial charge in [0.15, 0.2) is 0 Å². The fourth-order valence-corrected chi connectivity index (χ4v) is 4.32. The van der Waals surface area contributed by atoms with E-state index in [-0.39, 0.29) is 6.61 Å². The molecule has 5 nitrogen and oxygen atoms in total. The molecule has 1 unspecified atom stereocenters. The number of aliphatic hydroxyl groups excluding tert-OH is 1. The van der Waals surface area contributed by atoms with Crippen LogP contribution in [-0.2, 0) is 6.61 Å². The van der Waals surface area contributed by atoms with Gasteiger partial charge in [-0.15, -0.1) is 0 Å². The molecule has 4 aromatic rings. The van der Waals surface area contributed by atoms with Crippen molar-refractivity contribution in [3.05, 3.63) is 77.4 Å². The number of nitrogens with zero attached hydrogens (tertiary/aromatic N) is 4. The molecule has 0 radical (unpaired) electrons. The van der Waals surface area contributed by atoms with Gasteiger partial charge in [-0.2, -0.15) is 0 Å². The summed E-state index contributed by atoms with van der Waals surface area (Å²) in [4.78, 5) is 11.8. The molecular weight excluding hydrogens is 372 g/mol. The summed E-state index contributed by atoms with van der Waals surface area (Å²) in [5.74, 6) is 1.59. The number of hydrogen-bond acceptors (Lipinski definition) is 4. The Morgan fingerprint density at radius 1 is 1.07 bits per heavy atom. The second-order valence-electron chi connectivity index (χ2n) is 8.29. The summed E-state index contributed by atoms with van der Waals surface area (Å²) in [5.41, 5.74) is 8.70. The Hall–Kier alpha value is -3.18. The second-order valence-corrected chi connectivity index (χ2v) is 8.29. The zero-order valence-electron chi connectivity index (χ0n) is 17.6. The van der Waals surface area contributed by atoms with Crippen LogP contribution in [0.4, 0.5) is 11.5 Å². The van der Waals surface area contributed by atoms with Crippen LogP contribution >= 0.6 is 0 Å². The van der Waals surface area contributed by atoms with Crippen LogP contribution in [-0.4, -0.2) is 26.0 Å². The highest BCUT2D eigenvalue weighted by Gasteiger charge is 2.29. The van der Waals surface area contributed by atoms with E-state index in [1.165, 1.54) is 22.6 Å². The SMILES string of the molecule is Cc1ccc(C)c(N2CCC(C)c3nc4ccc(-c5ccc(CO)nc5)cn4c32)c1. The molecule has 1 aliphatic rings. The number of aromatic nitrogens is 3. The third-order valence-electron chi connectivity index (χ3n) is 6.10. The Morgan fingerprint density at radius 2 is 1.90 bits per heavy atom. The molecule has 1 atom stereocenters. The maximum Gasteiger partial charge on any atom is 0.141 e. The summed E-state index contributed by atoms with van der Waals surface area (Å²) < 4.78 is 2.22. The summed E-state index contributed by atoms with van der Waals surface area (Å²) in [6.07, 6.45) is 5.07. The largest absolute Gasteiger partial charge is 0.390 e. The van der Waals surface area contributed by atoms with Crippen molar-refractivity contribution in [2.24, 2.45) is 0 Å². The van der Waals surface area contributed by atoms with E-state index in [1.54, 1.807) is 0 Å². The minimum Gasteiger partial charge on any atom is -0.390 e. The molecule has 0 saturated carbocycles. The van der Waals surface area contributed by atoms with Crippen LogP contribution in [0.3, 0.4) is 0 Å². The number of hydrogen-bond donors (Lipinski definition) is 1. The normalized spacial score (nSPS) is 16.1. The van der Waals surface area contributed by atoms with Crippen molar-refractivity contribution in [1.82, 2.24) is 14.4 Å². The highest BCUT2D eigenvalue weighted by atomic mass is 16.3. The molecule has 0 bridgehead atoms. The van der Waals surface area contributed by atoms with Gasteiger partial charge in [-0.05, 0) is 55.7 Å². The van der Waals surface area contributed by atoms with Crippen LogP contribution in [0.25, 0.3) is 16.8 Å². The van der Waals surface area contributed by atoms with E-state index in [1.807, 2.05) is 18.3 Å². The molecule has 1 aromatic carbocycles.